The summed E-state index contributed by atoms with van der Waals surface area (Å²) in [7, 11) is 1.63. The van der Waals surface area contributed by atoms with Gasteiger partial charge in [0.25, 0.3) is 0 Å². The van der Waals surface area contributed by atoms with Crippen LogP contribution in [-0.2, 0) is 13.2 Å². The minimum Gasteiger partial charge on any atom is -0.497 e. The van der Waals surface area contributed by atoms with Crippen molar-refractivity contribution in [1.29, 1.82) is 0 Å². The first-order valence-corrected chi connectivity index (χ1v) is 5.78. The van der Waals surface area contributed by atoms with E-state index in [4.69, 9.17) is 19.6 Å². The highest BCUT2D eigenvalue weighted by molar-refractivity contribution is 5.31. The third-order valence-corrected chi connectivity index (χ3v) is 2.70. The average Bonchev–Trinajstić information content (AvgIpc) is 2.77. The van der Waals surface area contributed by atoms with Crippen LogP contribution in [0, 0.1) is 6.92 Å². The largest absolute Gasteiger partial charge is 0.497 e. The van der Waals surface area contributed by atoms with Gasteiger partial charge < -0.3 is 19.6 Å². The predicted molar refractivity (Wildman–Crippen MR) is 68.7 cm³/mol. The molecule has 2 rings (SSSR count). The first kappa shape index (κ1) is 12.5. The fourth-order valence-corrected chi connectivity index (χ4v) is 1.69. The van der Waals surface area contributed by atoms with E-state index in [1.165, 1.54) is 0 Å². The van der Waals surface area contributed by atoms with Gasteiger partial charge in [-0.05, 0) is 42.8 Å². The lowest BCUT2D eigenvalue weighted by atomic mass is 10.2. The summed E-state index contributed by atoms with van der Waals surface area (Å²) in [5.74, 6) is 3.17. The maximum Gasteiger partial charge on any atom is 0.146 e. The molecule has 0 aliphatic rings. The minimum absolute atomic E-state index is 0.396. The molecule has 0 unspecified atom stereocenters. The number of aryl methyl sites for hydroxylation is 1. The second-order valence-electron chi connectivity index (χ2n) is 3.99. The Morgan fingerprint density at radius 1 is 1.17 bits per heavy atom. The summed E-state index contributed by atoms with van der Waals surface area (Å²) in [6.07, 6.45) is 0. The number of furan rings is 1. The number of rotatable bonds is 5. The Labute approximate surface area is 106 Å². The van der Waals surface area contributed by atoms with Gasteiger partial charge in [0.15, 0.2) is 0 Å². The standard InChI is InChI=1S/C14H17NO3/c1-10-7-13(18-14(10)8-15)9-17-12-5-3-11(16-2)4-6-12/h3-7H,8-9,15H2,1-2H3. The van der Waals surface area contributed by atoms with Crippen molar-refractivity contribution in [2.75, 3.05) is 7.11 Å². The van der Waals surface area contributed by atoms with Gasteiger partial charge in [0, 0.05) is 0 Å². The van der Waals surface area contributed by atoms with E-state index in [1.807, 2.05) is 37.3 Å². The van der Waals surface area contributed by atoms with Gasteiger partial charge in [-0.3, -0.25) is 0 Å². The normalized spacial score (nSPS) is 10.4. The van der Waals surface area contributed by atoms with E-state index in [0.717, 1.165) is 28.6 Å². The van der Waals surface area contributed by atoms with Crippen LogP contribution in [0.4, 0.5) is 0 Å². The predicted octanol–water partition coefficient (Wildman–Crippen LogP) is 2.63. The molecule has 4 nitrogen and oxygen atoms in total. The number of methoxy groups -OCH3 is 1. The van der Waals surface area contributed by atoms with E-state index in [2.05, 4.69) is 0 Å². The van der Waals surface area contributed by atoms with Crippen LogP contribution in [0.3, 0.4) is 0 Å². The Morgan fingerprint density at radius 2 is 1.83 bits per heavy atom. The molecule has 18 heavy (non-hydrogen) atoms. The van der Waals surface area contributed by atoms with Crippen molar-refractivity contribution < 1.29 is 13.9 Å². The molecule has 4 heteroatoms. The number of hydrogen-bond donors (Lipinski definition) is 1. The van der Waals surface area contributed by atoms with Crippen LogP contribution in [0.1, 0.15) is 17.1 Å². The van der Waals surface area contributed by atoms with E-state index in [1.54, 1.807) is 7.11 Å². The molecular formula is C14H17NO3. The van der Waals surface area contributed by atoms with E-state index in [-0.39, 0.29) is 0 Å². The topological polar surface area (TPSA) is 57.6 Å². The van der Waals surface area contributed by atoms with E-state index in [0.29, 0.717) is 13.2 Å². The van der Waals surface area contributed by atoms with Crippen LogP contribution < -0.4 is 15.2 Å². The van der Waals surface area contributed by atoms with Crippen LogP contribution in [0.15, 0.2) is 34.7 Å². The molecule has 0 amide bonds. The Morgan fingerprint density at radius 3 is 2.39 bits per heavy atom. The second-order valence-corrected chi connectivity index (χ2v) is 3.99. The smallest absolute Gasteiger partial charge is 0.146 e. The lowest BCUT2D eigenvalue weighted by Crippen LogP contribution is -1.96. The van der Waals surface area contributed by atoms with Crippen molar-refractivity contribution in [3.8, 4) is 11.5 Å². The number of nitrogens with two attached hydrogens (primary N) is 1. The highest BCUT2D eigenvalue weighted by atomic mass is 16.5. The zero-order chi connectivity index (χ0) is 13.0. The van der Waals surface area contributed by atoms with Gasteiger partial charge in [-0.25, -0.2) is 0 Å². The summed E-state index contributed by atoms with van der Waals surface area (Å²) in [6.45, 7) is 2.78. The minimum atomic E-state index is 0.396. The number of benzene rings is 1. The maximum absolute atomic E-state index is 5.61. The third-order valence-electron chi connectivity index (χ3n) is 2.70. The molecule has 0 spiro atoms. The Hall–Kier alpha value is -1.94. The molecule has 1 heterocycles. The third kappa shape index (κ3) is 2.84. The van der Waals surface area contributed by atoms with Gasteiger partial charge in [-0.1, -0.05) is 0 Å². The molecule has 0 aliphatic carbocycles. The summed E-state index contributed by atoms with van der Waals surface area (Å²) in [5, 5.41) is 0. The molecule has 0 bridgehead atoms. The molecule has 0 saturated carbocycles. The fraction of sp³-hybridized carbons (Fsp3) is 0.286. The van der Waals surface area contributed by atoms with Crippen molar-refractivity contribution >= 4 is 0 Å². The highest BCUT2D eigenvalue weighted by Crippen LogP contribution is 2.20. The van der Waals surface area contributed by atoms with E-state index >= 15 is 0 Å². The van der Waals surface area contributed by atoms with Gasteiger partial charge in [0.05, 0.1) is 13.7 Å². The highest BCUT2D eigenvalue weighted by Gasteiger charge is 2.06. The van der Waals surface area contributed by atoms with Gasteiger partial charge in [0.2, 0.25) is 0 Å². The first-order chi connectivity index (χ1) is 8.72. The molecule has 96 valence electrons. The summed E-state index contributed by atoms with van der Waals surface area (Å²) in [6, 6.07) is 9.38. The molecular weight excluding hydrogens is 230 g/mol. The Kier molecular flexibility index (Phi) is 3.89. The Bertz CT molecular complexity index is 502. The molecule has 0 atom stereocenters. The van der Waals surface area contributed by atoms with Crippen LogP contribution in [0.5, 0.6) is 11.5 Å². The van der Waals surface area contributed by atoms with Crippen molar-refractivity contribution in [2.24, 2.45) is 5.73 Å². The van der Waals surface area contributed by atoms with Crippen molar-refractivity contribution in [3.05, 3.63) is 47.4 Å². The van der Waals surface area contributed by atoms with Crippen LogP contribution in [0.2, 0.25) is 0 Å². The molecule has 1 aromatic heterocycles. The van der Waals surface area contributed by atoms with Crippen molar-refractivity contribution in [1.82, 2.24) is 0 Å². The molecule has 0 aliphatic heterocycles. The summed E-state index contributed by atoms with van der Waals surface area (Å²) >= 11 is 0. The molecule has 0 saturated heterocycles. The zero-order valence-electron chi connectivity index (χ0n) is 10.6. The molecule has 0 radical (unpaired) electrons. The quantitative estimate of drug-likeness (QED) is 0.882. The first-order valence-electron chi connectivity index (χ1n) is 5.78. The van der Waals surface area contributed by atoms with Gasteiger partial charge in [-0.15, -0.1) is 0 Å². The summed E-state index contributed by atoms with van der Waals surface area (Å²) < 4.78 is 16.2. The molecule has 1 aromatic carbocycles. The summed E-state index contributed by atoms with van der Waals surface area (Å²) in [5.41, 5.74) is 6.62. The number of hydrogen-bond acceptors (Lipinski definition) is 4. The van der Waals surface area contributed by atoms with Crippen molar-refractivity contribution in [3.63, 3.8) is 0 Å². The number of ether oxygens (including phenoxy) is 2. The maximum atomic E-state index is 5.61. The van der Waals surface area contributed by atoms with E-state index in [9.17, 15) is 0 Å². The lowest BCUT2D eigenvalue weighted by Gasteiger charge is -2.05. The van der Waals surface area contributed by atoms with Gasteiger partial charge in [0.1, 0.15) is 29.6 Å². The summed E-state index contributed by atoms with van der Waals surface area (Å²) in [4.78, 5) is 0. The molecule has 2 aromatic rings. The van der Waals surface area contributed by atoms with Crippen molar-refractivity contribution in [2.45, 2.75) is 20.1 Å². The SMILES string of the molecule is COc1ccc(OCc2cc(C)c(CN)o2)cc1. The van der Waals surface area contributed by atoms with Gasteiger partial charge >= 0.3 is 0 Å². The zero-order valence-corrected chi connectivity index (χ0v) is 10.6. The molecule has 0 fully saturated rings. The van der Waals surface area contributed by atoms with Crippen LogP contribution in [0.25, 0.3) is 0 Å². The second kappa shape index (κ2) is 5.60. The average molecular weight is 247 g/mol. The van der Waals surface area contributed by atoms with Gasteiger partial charge in [-0.2, -0.15) is 0 Å². The Balaban J connectivity index is 1.97. The van der Waals surface area contributed by atoms with Crippen LogP contribution >= 0.6 is 0 Å². The monoisotopic (exact) mass is 247 g/mol. The molecule has 2 N–H and O–H groups in total. The van der Waals surface area contributed by atoms with Crippen LogP contribution in [-0.4, -0.2) is 7.11 Å². The lowest BCUT2D eigenvalue weighted by molar-refractivity contribution is 0.265. The van der Waals surface area contributed by atoms with E-state index < -0.39 is 0 Å². The fourth-order valence-electron chi connectivity index (χ4n) is 1.69.